The van der Waals surface area contributed by atoms with Gasteiger partial charge in [0.25, 0.3) is 0 Å². The SMILES string of the molecule is COC1CCN(c2c(F)cccc2/C=C/C(=O)O)CC1. The lowest BCUT2D eigenvalue weighted by atomic mass is 10.0. The Balaban J connectivity index is 2.24. The van der Waals surface area contributed by atoms with Crippen LogP contribution in [0.15, 0.2) is 24.3 Å². The van der Waals surface area contributed by atoms with E-state index >= 15 is 0 Å². The van der Waals surface area contributed by atoms with Crippen LogP contribution in [0.3, 0.4) is 0 Å². The molecule has 0 saturated carbocycles. The van der Waals surface area contributed by atoms with E-state index in [9.17, 15) is 9.18 Å². The molecule has 0 radical (unpaired) electrons. The minimum atomic E-state index is -1.04. The highest BCUT2D eigenvalue weighted by Gasteiger charge is 2.22. The Kier molecular flexibility index (Phi) is 4.74. The standard InChI is InChI=1S/C15H18FNO3/c1-20-12-7-9-17(10-8-12)15-11(5-6-14(18)19)3-2-4-13(15)16/h2-6,12H,7-10H2,1H3,(H,18,19)/b6-5+. The second kappa shape index (κ2) is 6.52. The molecular formula is C15H18FNO3. The lowest BCUT2D eigenvalue weighted by molar-refractivity contribution is -0.131. The lowest BCUT2D eigenvalue weighted by Gasteiger charge is -2.34. The number of piperidine rings is 1. The predicted octanol–water partition coefficient (Wildman–Crippen LogP) is 2.54. The number of para-hydroxylation sites is 1. The molecule has 0 aromatic heterocycles. The second-order valence-corrected chi connectivity index (χ2v) is 4.77. The fraction of sp³-hybridized carbons (Fsp3) is 0.400. The topological polar surface area (TPSA) is 49.8 Å². The minimum absolute atomic E-state index is 0.219. The highest BCUT2D eigenvalue weighted by Crippen LogP contribution is 2.28. The van der Waals surface area contributed by atoms with Gasteiger partial charge in [-0.15, -0.1) is 0 Å². The van der Waals surface area contributed by atoms with E-state index in [-0.39, 0.29) is 11.9 Å². The van der Waals surface area contributed by atoms with Gasteiger partial charge in [0.2, 0.25) is 0 Å². The molecule has 2 rings (SSSR count). The van der Waals surface area contributed by atoms with E-state index in [1.165, 1.54) is 12.1 Å². The molecule has 4 nitrogen and oxygen atoms in total. The van der Waals surface area contributed by atoms with E-state index in [0.29, 0.717) is 24.3 Å². The number of halogens is 1. The zero-order valence-electron chi connectivity index (χ0n) is 11.4. The monoisotopic (exact) mass is 279 g/mol. The van der Waals surface area contributed by atoms with Crippen LogP contribution in [0, 0.1) is 5.82 Å². The van der Waals surface area contributed by atoms with Gasteiger partial charge in [-0.3, -0.25) is 0 Å². The molecule has 5 heteroatoms. The van der Waals surface area contributed by atoms with Gasteiger partial charge in [-0.2, -0.15) is 0 Å². The second-order valence-electron chi connectivity index (χ2n) is 4.77. The first-order chi connectivity index (χ1) is 9.61. The van der Waals surface area contributed by atoms with Crippen molar-refractivity contribution >= 4 is 17.7 Å². The summed E-state index contributed by atoms with van der Waals surface area (Å²) < 4.78 is 19.4. The Morgan fingerprint density at radius 3 is 2.75 bits per heavy atom. The van der Waals surface area contributed by atoms with Crippen molar-refractivity contribution in [3.63, 3.8) is 0 Å². The summed E-state index contributed by atoms with van der Waals surface area (Å²) in [6.07, 6.45) is 4.36. The number of ether oxygens (including phenoxy) is 1. The average molecular weight is 279 g/mol. The van der Waals surface area contributed by atoms with Crippen molar-refractivity contribution in [1.82, 2.24) is 0 Å². The molecule has 0 bridgehead atoms. The van der Waals surface area contributed by atoms with Crippen molar-refractivity contribution in [2.75, 3.05) is 25.1 Å². The maximum absolute atomic E-state index is 14.1. The number of carboxylic acids is 1. The van der Waals surface area contributed by atoms with Gasteiger partial charge in [0.05, 0.1) is 11.8 Å². The van der Waals surface area contributed by atoms with Gasteiger partial charge in [0, 0.05) is 31.8 Å². The number of hydrogen-bond acceptors (Lipinski definition) is 3. The van der Waals surface area contributed by atoms with Crippen molar-refractivity contribution in [2.45, 2.75) is 18.9 Å². The normalized spacial score (nSPS) is 16.8. The third-order valence-electron chi connectivity index (χ3n) is 3.52. The van der Waals surface area contributed by atoms with Crippen LogP contribution in [0.2, 0.25) is 0 Å². The number of methoxy groups -OCH3 is 1. The molecule has 1 fully saturated rings. The number of carboxylic acid groups (broad SMARTS) is 1. The number of anilines is 1. The average Bonchev–Trinajstić information content (AvgIpc) is 2.45. The van der Waals surface area contributed by atoms with Crippen LogP contribution in [-0.2, 0) is 9.53 Å². The van der Waals surface area contributed by atoms with E-state index in [1.807, 2.05) is 4.90 Å². The van der Waals surface area contributed by atoms with Gasteiger partial charge in [-0.25, -0.2) is 9.18 Å². The number of carbonyl (C=O) groups is 1. The molecule has 108 valence electrons. The third kappa shape index (κ3) is 3.36. The Morgan fingerprint density at radius 2 is 2.15 bits per heavy atom. The van der Waals surface area contributed by atoms with Crippen molar-refractivity contribution in [1.29, 1.82) is 0 Å². The van der Waals surface area contributed by atoms with Crippen molar-refractivity contribution in [2.24, 2.45) is 0 Å². The maximum Gasteiger partial charge on any atom is 0.328 e. The molecule has 1 aromatic carbocycles. The van der Waals surface area contributed by atoms with Crippen LogP contribution in [0.4, 0.5) is 10.1 Å². The van der Waals surface area contributed by atoms with E-state index < -0.39 is 5.97 Å². The Hall–Kier alpha value is -1.88. The summed E-state index contributed by atoms with van der Waals surface area (Å²) in [7, 11) is 1.68. The van der Waals surface area contributed by atoms with Crippen LogP contribution >= 0.6 is 0 Å². The first-order valence-corrected chi connectivity index (χ1v) is 6.59. The fourth-order valence-electron chi connectivity index (χ4n) is 2.48. The summed E-state index contributed by atoms with van der Waals surface area (Å²) >= 11 is 0. The number of aliphatic carboxylic acids is 1. The number of rotatable bonds is 4. The zero-order chi connectivity index (χ0) is 14.5. The molecule has 0 unspecified atom stereocenters. The molecule has 1 aliphatic rings. The summed E-state index contributed by atoms with van der Waals surface area (Å²) in [5.74, 6) is -1.37. The molecule has 0 atom stereocenters. The summed E-state index contributed by atoms with van der Waals surface area (Å²) in [4.78, 5) is 12.6. The Morgan fingerprint density at radius 1 is 1.45 bits per heavy atom. The van der Waals surface area contributed by atoms with Crippen LogP contribution in [0.25, 0.3) is 6.08 Å². The molecule has 20 heavy (non-hydrogen) atoms. The summed E-state index contributed by atoms with van der Waals surface area (Å²) in [6, 6.07) is 4.71. The molecule has 1 aliphatic heterocycles. The molecule has 1 aromatic rings. The first-order valence-electron chi connectivity index (χ1n) is 6.59. The fourth-order valence-corrected chi connectivity index (χ4v) is 2.48. The Labute approximate surface area is 117 Å². The molecule has 0 aliphatic carbocycles. The quantitative estimate of drug-likeness (QED) is 0.860. The van der Waals surface area contributed by atoms with Crippen LogP contribution < -0.4 is 4.90 Å². The molecule has 1 N–H and O–H groups in total. The van der Waals surface area contributed by atoms with Gasteiger partial charge in [-0.1, -0.05) is 12.1 Å². The number of hydrogen-bond donors (Lipinski definition) is 1. The van der Waals surface area contributed by atoms with Crippen molar-refractivity contribution in [3.8, 4) is 0 Å². The number of benzene rings is 1. The summed E-state index contributed by atoms with van der Waals surface area (Å²) in [6.45, 7) is 1.40. The largest absolute Gasteiger partial charge is 0.478 e. The van der Waals surface area contributed by atoms with E-state index in [2.05, 4.69) is 0 Å². The molecular weight excluding hydrogens is 261 g/mol. The van der Waals surface area contributed by atoms with Crippen molar-refractivity contribution in [3.05, 3.63) is 35.7 Å². The smallest absolute Gasteiger partial charge is 0.328 e. The maximum atomic E-state index is 14.1. The minimum Gasteiger partial charge on any atom is -0.478 e. The summed E-state index contributed by atoms with van der Waals surface area (Å²) in [5.41, 5.74) is 1.06. The van der Waals surface area contributed by atoms with Crippen LogP contribution in [0.5, 0.6) is 0 Å². The highest BCUT2D eigenvalue weighted by atomic mass is 19.1. The van der Waals surface area contributed by atoms with Crippen LogP contribution in [-0.4, -0.2) is 37.4 Å². The number of nitrogens with zero attached hydrogens (tertiary/aromatic N) is 1. The lowest BCUT2D eigenvalue weighted by Crippen LogP contribution is -2.37. The molecule has 0 spiro atoms. The van der Waals surface area contributed by atoms with E-state index in [1.54, 1.807) is 19.2 Å². The van der Waals surface area contributed by atoms with Gasteiger partial charge in [0.15, 0.2) is 0 Å². The summed E-state index contributed by atoms with van der Waals surface area (Å²) in [5, 5.41) is 8.70. The van der Waals surface area contributed by atoms with Gasteiger partial charge in [0.1, 0.15) is 5.82 Å². The van der Waals surface area contributed by atoms with Crippen molar-refractivity contribution < 1.29 is 19.0 Å². The van der Waals surface area contributed by atoms with Crippen LogP contribution in [0.1, 0.15) is 18.4 Å². The molecule has 1 heterocycles. The molecule has 1 saturated heterocycles. The van der Waals surface area contributed by atoms with Gasteiger partial charge in [-0.05, 0) is 25.0 Å². The van der Waals surface area contributed by atoms with Gasteiger partial charge < -0.3 is 14.7 Å². The third-order valence-corrected chi connectivity index (χ3v) is 3.52. The Bertz CT molecular complexity index is 508. The van der Waals surface area contributed by atoms with E-state index in [0.717, 1.165) is 18.9 Å². The predicted molar refractivity (Wildman–Crippen MR) is 75.3 cm³/mol. The van der Waals surface area contributed by atoms with E-state index in [4.69, 9.17) is 9.84 Å². The highest BCUT2D eigenvalue weighted by molar-refractivity contribution is 5.87. The van der Waals surface area contributed by atoms with Gasteiger partial charge >= 0.3 is 5.97 Å². The molecule has 0 amide bonds. The first kappa shape index (κ1) is 14.5. The zero-order valence-corrected chi connectivity index (χ0v) is 11.4.